The van der Waals surface area contributed by atoms with Crippen LogP contribution < -0.4 is 10.6 Å². The van der Waals surface area contributed by atoms with E-state index in [0.717, 1.165) is 35.1 Å². The summed E-state index contributed by atoms with van der Waals surface area (Å²) in [6.45, 7) is 2.15. The summed E-state index contributed by atoms with van der Waals surface area (Å²) in [5.41, 5.74) is 3.92. The van der Waals surface area contributed by atoms with Crippen molar-refractivity contribution in [3.8, 4) is 22.3 Å². The molecule has 1 aliphatic carbocycles. The number of aryl methyl sites for hydroxylation is 2. The average Bonchev–Trinajstić information content (AvgIpc) is 3.43. The summed E-state index contributed by atoms with van der Waals surface area (Å²) < 4.78 is 16.2. The van der Waals surface area contributed by atoms with Crippen molar-refractivity contribution in [1.29, 1.82) is 0 Å². The lowest BCUT2D eigenvalue weighted by atomic mass is 9.96. The van der Waals surface area contributed by atoms with Gasteiger partial charge in [0, 0.05) is 48.7 Å². The van der Waals surface area contributed by atoms with Crippen LogP contribution in [0, 0.1) is 12.7 Å². The highest BCUT2D eigenvalue weighted by Gasteiger charge is 2.25. The number of pyridine rings is 1. The molecule has 0 aliphatic heterocycles. The summed E-state index contributed by atoms with van der Waals surface area (Å²) >= 11 is 0. The Labute approximate surface area is 174 Å². The monoisotopic (exact) mass is 409 g/mol. The van der Waals surface area contributed by atoms with Gasteiger partial charge in [-0.3, -0.25) is 9.48 Å². The molecular formula is C22H24FN5O2. The lowest BCUT2D eigenvalue weighted by molar-refractivity contribution is 0.0947. The number of aliphatic hydroxyl groups is 1. The molecule has 1 amide bonds. The van der Waals surface area contributed by atoms with Crippen LogP contribution in [0.5, 0.6) is 0 Å². The fraction of sp³-hybridized carbons (Fsp3) is 0.318. The molecule has 4 rings (SSSR count). The molecular weight excluding hydrogens is 385 g/mol. The maximum Gasteiger partial charge on any atom is 0.254 e. The number of halogens is 1. The van der Waals surface area contributed by atoms with E-state index in [1.54, 1.807) is 23.1 Å². The van der Waals surface area contributed by atoms with Crippen LogP contribution in [0.2, 0.25) is 0 Å². The van der Waals surface area contributed by atoms with Gasteiger partial charge in [-0.1, -0.05) is 0 Å². The third-order valence-corrected chi connectivity index (χ3v) is 5.09. The molecule has 0 bridgehead atoms. The molecule has 30 heavy (non-hydrogen) atoms. The maximum absolute atomic E-state index is 14.5. The van der Waals surface area contributed by atoms with E-state index in [1.165, 1.54) is 6.07 Å². The number of rotatable bonds is 7. The molecule has 156 valence electrons. The summed E-state index contributed by atoms with van der Waals surface area (Å²) in [6, 6.07) is 5.07. The Balaban J connectivity index is 1.77. The highest BCUT2D eigenvalue weighted by Crippen LogP contribution is 2.33. The summed E-state index contributed by atoms with van der Waals surface area (Å²) in [4.78, 5) is 17.0. The van der Waals surface area contributed by atoms with Crippen molar-refractivity contribution in [3.05, 3.63) is 53.7 Å². The topological polar surface area (TPSA) is 92.1 Å². The van der Waals surface area contributed by atoms with Gasteiger partial charge < -0.3 is 15.7 Å². The number of aromatic nitrogens is 3. The second-order valence-corrected chi connectivity index (χ2v) is 7.57. The van der Waals surface area contributed by atoms with Crippen LogP contribution >= 0.6 is 0 Å². The number of carbonyl (C=O) groups excluding carboxylic acids is 1. The number of nitrogens with zero attached hydrogens (tertiary/aromatic N) is 3. The molecule has 7 nitrogen and oxygen atoms in total. The predicted molar refractivity (Wildman–Crippen MR) is 113 cm³/mol. The van der Waals surface area contributed by atoms with Crippen molar-refractivity contribution in [2.24, 2.45) is 7.05 Å². The van der Waals surface area contributed by atoms with Gasteiger partial charge in [-0.25, -0.2) is 9.37 Å². The third-order valence-electron chi connectivity index (χ3n) is 5.09. The molecule has 1 aromatic carbocycles. The molecule has 1 fully saturated rings. The Kier molecular flexibility index (Phi) is 5.50. The first kappa shape index (κ1) is 20.0. The molecule has 2 aromatic heterocycles. The smallest absolute Gasteiger partial charge is 0.254 e. The molecule has 0 unspecified atom stereocenters. The highest BCUT2D eigenvalue weighted by atomic mass is 19.1. The van der Waals surface area contributed by atoms with Crippen LogP contribution in [0.3, 0.4) is 0 Å². The maximum atomic E-state index is 14.5. The summed E-state index contributed by atoms with van der Waals surface area (Å²) in [5, 5.41) is 19.3. The van der Waals surface area contributed by atoms with Crippen LogP contribution in [0.4, 0.5) is 10.2 Å². The fourth-order valence-electron chi connectivity index (χ4n) is 3.36. The van der Waals surface area contributed by atoms with E-state index in [4.69, 9.17) is 5.11 Å². The zero-order valence-corrected chi connectivity index (χ0v) is 16.9. The van der Waals surface area contributed by atoms with Gasteiger partial charge in [0.15, 0.2) is 0 Å². The summed E-state index contributed by atoms with van der Waals surface area (Å²) in [6.07, 6.45) is 7.16. The SMILES string of the molecule is Cc1cc(F)c(C(=O)NC2CC2)cc1-c1cnc(NCCO)c(-c2cnn(C)c2)c1. The quantitative estimate of drug-likeness (QED) is 0.558. The van der Waals surface area contributed by atoms with Gasteiger partial charge in [0.05, 0.1) is 18.4 Å². The molecule has 2 heterocycles. The largest absolute Gasteiger partial charge is 0.395 e. The van der Waals surface area contributed by atoms with E-state index in [-0.39, 0.29) is 18.2 Å². The van der Waals surface area contributed by atoms with Gasteiger partial charge in [-0.05, 0) is 49.1 Å². The number of benzene rings is 1. The summed E-state index contributed by atoms with van der Waals surface area (Å²) in [7, 11) is 1.83. The van der Waals surface area contributed by atoms with E-state index < -0.39 is 11.7 Å². The number of carbonyl (C=O) groups is 1. The minimum absolute atomic E-state index is 0.0214. The highest BCUT2D eigenvalue weighted by molar-refractivity contribution is 5.96. The lowest BCUT2D eigenvalue weighted by Crippen LogP contribution is -2.26. The van der Waals surface area contributed by atoms with Crippen LogP contribution in [0.25, 0.3) is 22.3 Å². The minimum Gasteiger partial charge on any atom is -0.395 e. The first-order valence-corrected chi connectivity index (χ1v) is 9.91. The minimum atomic E-state index is -0.531. The molecule has 0 radical (unpaired) electrons. The van der Waals surface area contributed by atoms with E-state index in [2.05, 4.69) is 20.7 Å². The summed E-state index contributed by atoms with van der Waals surface area (Å²) in [5.74, 6) is -0.304. The molecule has 0 saturated heterocycles. The molecule has 8 heteroatoms. The number of aliphatic hydroxyl groups excluding tert-OH is 1. The van der Waals surface area contributed by atoms with Gasteiger partial charge in [0.25, 0.3) is 5.91 Å². The Morgan fingerprint density at radius 1 is 1.23 bits per heavy atom. The first-order valence-electron chi connectivity index (χ1n) is 9.91. The normalized spacial score (nSPS) is 13.3. The second kappa shape index (κ2) is 8.23. The van der Waals surface area contributed by atoms with Crippen LogP contribution in [0.1, 0.15) is 28.8 Å². The first-order chi connectivity index (χ1) is 14.5. The molecule has 1 saturated carbocycles. The van der Waals surface area contributed by atoms with Gasteiger partial charge >= 0.3 is 0 Å². The van der Waals surface area contributed by atoms with Crippen molar-refractivity contribution < 1.29 is 14.3 Å². The Morgan fingerprint density at radius 3 is 2.70 bits per heavy atom. The number of nitrogens with one attached hydrogen (secondary N) is 2. The van der Waals surface area contributed by atoms with Crippen molar-refractivity contribution in [1.82, 2.24) is 20.1 Å². The second-order valence-electron chi connectivity index (χ2n) is 7.57. The van der Waals surface area contributed by atoms with Crippen LogP contribution in [-0.4, -0.2) is 45.0 Å². The molecule has 1 aliphatic rings. The Morgan fingerprint density at radius 2 is 2.03 bits per heavy atom. The molecule has 3 aromatic rings. The standard InChI is InChI=1S/C22H24FN5O2/c1-13-7-20(23)19(22(30)27-16-3-4-16)9-17(13)14-8-18(15-11-26-28(2)12-15)21(25-10-14)24-5-6-29/h7-12,16,29H,3-6H2,1-2H3,(H,24,25)(H,27,30). The zero-order chi connectivity index (χ0) is 21.3. The number of hydrogen-bond donors (Lipinski definition) is 3. The molecule has 0 spiro atoms. The Hall–Kier alpha value is -3.26. The van der Waals surface area contributed by atoms with Gasteiger partial charge in [-0.2, -0.15) is 5.10 Å². The number of hydrogen-bond acceptors (Lipinski definition) is 5. The fourth-order valence-corrected chi connectivity index (χ4v) is 3.36. The van der Waals surface area contributed by atoms with Gasteiger partial charge in [0.2, 0.25) is 0 Å². The van der Waals surface area contributed by atoms with Crippen molar-refractivity contribution in [3.63, 3.8) is 0 Å². The van der Waals surface area contributed by atoms with Crippen LogP contribution in [0.15, 0.2) is 36.8 Å². The lowest BCUT2D eigenvalue weighted by Gasteiger charge is -2.14. The average molecular weight is 409 g/mol. The number of amides is 1. The van der Waals surface area contributed by atoms with Crippen molar-refractivity contribution >= 4 is 11.7 Å². The number of anilines is 1. The zero-order valence-electron chi connectivity index (χ0n) is 16.9. The van der Waals surface area contributed by atoms with E-state index in [0.29, 0.717) is 17.9 Å². The van der Waals surface area contributed by atoms with Gasteiger partial charge in [0.1, 0.15) is 11.6 Å². The van der Waals surface area contributed by atoms with E-state index >= 15 is 0 Å². The predicted octanol–water partition coefficient (Wildman–Crippen LogP) is 2.89. The van der Waals surface area contributed by atoms with Crippen molar-refractivity contribution in [2.45, 2.75) is 25.8 Å². The van der Waals surface area contributed by atoms with Crippen LogP contribution in [-0.2, 0) is 7.05 Å². The molecule has 0 atom stereocenters. The molecule has 3 N–H and O–H groups in total. The van der Waals surface area contributed by atoms with E-state index in [1.807, 2.05) is 26.2 Å². The van der Waals surface area contributed by atoms with E-state index in [9.17, 15) is 9.18 Å². The van der Waals surface area contributed by atoms with Gasteiger partial charge in [-0.15, -0.1) is 0 Å². The Bertz CT molecular complexity index is 1090. The third kappa shape index (κ3) is 4.18. The van der Waals surface area contributed by atoms with Crippen molar-refractivity contribution in [2.75, 3.05) is 18.5 Å².